The number of rotatable bonds is 17. The van der Waals surface area contributed by atoms with E-state index in [2.05, 4.69) is 4.72 Å². The maximum Gasteiger partial charge on any atom is 0.303 e. The van der Waals surface area contributed by atoms with Crippen LogP contribution in [0.15, 0.2) is 29.2 Å². The van der Waals surface area contributed by atoms with Gasteiger partial charge in [-0.2, -0.15) is 0 Å². The van der Waals surface area contributed by atoms with Crippen molar-refractivity contribution in [3.63, 3.8) is 0 Å². The summed E-state index contributed by atoms with van der Waals surface area (Å²) < 4.78 is 83.0. The minimum atomic E-state index is -3.89. The van der Waals surface area contributed by atoms with Crippen molar-refractivity contribution >= 4 is 63.8 Å². The van der Waals surface area contributed by atoms with Gasteiger partial charge in [0.1, 0.15) is 31.5 Å². The van der Waals surface area contributed by atoms with Crippen LogP contribution in [0.3, 0.4) is 0 Å². The van der Waals surface area contributed by atoms with Crippen molar-refractivity contribution in [2.75, 3.05) is 19.8 Å². The van der Waals surface area contributed by atoms with Gasteiger partial charge in [0.15, 0.2) is 42.2 Å². The number of esters is 7. The Hall–Kier alpha value is -4.39. The second kappa shape index (κ2) is 21.4. The minimum absolute atomic E-state index is 0.0654. The number of nitrogens with two attached hydrogens (primary N) is 1. The molecule has 2 aliphatic heterocycles. The number of carbonyl (C=O) groups excluding carboxylic acids is 7. The van der Waals surface area contributed by atoms with Crippen molar-refractivity contribution in [3.05, 3.63) is 29.8 Å². The fraction of sp³-hybridized carbons (Fsp3) is 0.618. The molecule has 1 aromatic rings. The normalized spacial score (nSPS) is 27.2. The van der Waals surface area contributed by atoms with E-state index < -0.39 is 126 Å². The molecule has 23 heteroatoms. The van der Waals surface area contributed by atoms with Crippen LogP contribution in [0.4, 0.5) is 0 Å². The molecule has 3 rings (SSSR count). The lowest BCUT2D eigenvalue weighted by Gasteiger charge is -2.48. The molecule has 2 fully saturated rings. The molecule has 0 saturated carbocycles. The van der Waals surface area contributed by atoms with Gasteiger partial charge in [0.25, 0.3) is 0 Å². The summed E-state index contributed by atoms with van der Waals surface area (Å²) in [5, 5.41) is 5.17. The molecule has 57 heavy (non-hydrogen) atoms. The fourth-order valence-electron chi connectivity index (χ4n) is 5.75. The van der Waals surface area contributed by atoms with Crippen molar-refractivity contribution in [2.24, 2.45) is 5.14 Å². The zero-order chi connectivity index (χ0) is 42.6. The van der Waals surface area contributed by atoms with Crippen molar-refractivity contribution in [2.45, 2.75) is 120 Å². The smallest absolute Gasteiger partial charge is 0.303 e. The van der Waals surface area contributed by atoms with Crippen LogP contribution < -0.4 is 9.86 Å². The van der Waals surface area contributed by atoms with E-state index in [4.69, 9.17) is 52.5 Å². The first-order valence-electron chi connectivity index (χ1n) is 17.3. The van der Waals surface area contributed by atoms with Crippen molar-refractivity contribution < 1.29 is 89.3 Å². The summed E-state index contributed by atoms with van der Waals surface area (Å²) >= 11 is 0.915. The van der Waals surface area contributed by atoms with Crippen LogP contribution >= 0.6 is 11.9 Å². The summed E-state index contributed by atoms with van der Waals surface area (Å²) in [6.07, 6.45) is -13.6. The Kier molecular flexibility index (Phi) is 17.6. The molecular weight excluding hydrogens is 805 g/mol. The standard InChI is InChI=1S/C34H46N2O19S2/c1-16(37)46-14-25-27(48-18(3)39)29(49-19(4)40)31(51-21(6)42)33(53-25)55-28-26(15-47-17(2)38)54-34(32(52-22(7)43)30(28)50-20(5)41)56-36-13-12-23-8-10-24(11-9-23)57(35,44)45/h8-11,25-34,36H,12-15H2,1-7H3,(H2,35,44,45)/t25-,26-,27-,28-,29+,30+,31-,32-,33-,34+/m1/s1. The summed E-state index contributed by atoms with van der Waals surface area (Å²) in [7, 11) is -3.89. The Bertz CT molecular complexity index is 1720. The van der Waals surface area contributed by atoms with Crippen molar-refractivity contribution in [3.8, 4) is 0 Å². The largest absolute Gasteiger partial charge is 0.463 e. The molecule has 2 saturated heterocycles. The van der Waals surface area contributed by atoms with Crippen LogP contribution in [0.1, 0.15) is 54.0 Å². The fourth-order valence-corrected chi connectivity index (χ4v) is 7.19. The van der Waals surface area contributed by atoms with E-state index in [9.17, 15) is 42.0 Å². The van der Waals surface area contributed by atoms with Crippen LogP contribution in [-0.2, 0) is 97.4 Å². The second-order valence-corrected chi connectivity index (χ2v) is 15.2. The highest BCUT2D eigenvalue weighted by Gasteiger charge is 2.57. The molecule has 3 N–H and O–H groups in total. The highest BCUT2D eigenvalue weighted by molar-refractivity contribution is 7.97. The summed E-state index contributed by atoms with van der Waals surface area (Å²) in [6.45, 7) is 6.60. The van der Waals surface area contributed by atoms with Crippen molar-refractivity contribution in [1.82, 2.24) is 4.72 Å². The predicted octanol–water partition coefficient (Wildman–Crippen LogP) is -0.266. The Morgan fingerprint density at radius 3 is 1.53 bits per heavy atom. The van der Waals surface area contributed by atoms with E-state index in [1.807, 2.05) is 0 Å². The molecule has 0 spiro atoms. The Labute approximate surface area is 332 Å². The maximum atomic E-state index is 12.6. The zero-order valence-corrected chi connectivity index (χ0v) is 33.7. The number of sulfonamides is 1. The van der Waals surface area contributed by atoms with Crippen LogP contribution in [0.5, 0.6) is 0 Å². The van der Waals surface area contributed by atoms with Crippen molar-refractivity contribution in [1.29, 1.82) is 0 Å². The summed E-state index contributed by atoms with van der Waals surface area (Å²) in [4.78, 5) is 85.9. The number of nitrogens with one attached hydrogen (secondary N) is 1. The van der Waals surface area contributed by atoms with E-state index in [0.29, 0.717) is 6.42 Å². The van der Waals surface area contributed by atoms with Gasteiger partial charge in [0.2, 0.25) is 10.0 Å². The zero-order valence-electron chi connectivity index (χ0n) is 32.1. The van der Waals surface area contributed by atoms with Gasteiger partial charge in [-0.25, -0.2) is 13.6 Å². The topological polar surface area (TPSA) is 284 Å². The molecule has 2 heterocycles. The van der Waals surface area contributed by atoms with E-state index in [1.54, 1.807) is 12.1 Å². The Morgan fingerprint density at radius 1 is 0.614 bits per heavy atom. The first-order chi connectivity index (χ1) is 26.7. The number of hydrogen-bond donors (Lipinski definition) is 2. The van der Waals surface area contributed by atoms with E-state index >= 15 is 0 Å². The third kappa shape index (κ3) is 14.8. The van der Waals surface area contributed by atoms with Gasteiger partial charge >= 0.3 is 41.8 Å². The van der Waals surface area contributed by atoms with Crippen LogP contribution in [-0.4, -0.2) is 131 Å². The summed E-state index contributed by atoms with van der Waals surface area (Å²) in [6, 6.07) is 5.86. The second-order valence-electron chi connectivity index (χ2n) is 12.6. The van der Waals surface area contributed by atoms with E-state index in [0.717, 1.165) is 66.0 Å². The average molecular weight is 851 g/mol. The molecule has 0 unspecified atom stereocenters. The number of hydrogen-bond acceptors (Lipinski definition) is 21. The van der Waals surface area contributed by atoms with Gasteiger partial charge in [0, 0.05) is 55.0 Å². The number of ether oxygens (including phenoxy) is 10. The lowest BCUT2D eigenvalue weighted by Crippen LogP contribution is -2.67. The summed E-state index contributed by atoms with van der Waals surface area (Å²) in [5.74, 6) is -5.91. The van der Waals surface area contributed by atoms with Crippen LogP contribution in [0.25, 0.3) is 0 Å². The minimum Gasteiger partial charge on any atom is -0.463 e. The predicted molar refractivity (Wildman–Crippen MR) is 190 cm³/mol. The van der Waals surface area contributed by atoms with Gasteiger partial charge in [0.05, 0.1) is 4.90 Å². The number of primary sulfonamides is 1. The average Bonchev–Trinajstić information content (AvgIpc) is 3.08. The van der Waals surface area contributed by atoms with Gasteiger partial charge in [-0.1, -0.05) is 12.1 Å². The molecule has 0 amide bonds. The third-order valence-electron chi connectivity index (χ3n) is 7.85. The van der Waals surface area contributed by atoms with E-state index in [-0.39, 0.29) is 11.4 Å². The molecular formula is C34H46N2O19S2. The molecule has 2 aliphatic rings. The monoisotopic (exact) mass is 850 g/mol. The maximum absolute atomic E-state index is 12.6. The van der Waals surface area contributed by atoms with Gasteiger partial charge in [-0.3, -0.25) is 38.3 Å². The van der Waals surface area contributed by atoms with Gasteiger partial charge < -0.3 is 47.4 Å². The molecule has 0 aliphatic carbocycles. The summed E-state index contributed by atoms with van der Waals surface area (Å²) in [5.41, 5.74) is -0.445. The van der Waals surface area contributed by atoms with Gasteiger partial charge in [-0.15, -0.1) is 0 Å². The molecule has 318 valence electrons. The SMILES string of the molecule is CC(=O)OC[C@H]1O[C@@H](SNCCc2ccc(S(N)(=O)=O)cc2)[C@H](OC(C)=O)[C@@H](OC(C)=O)[C@@H]1O[C@H]1O[C@H](COC(C)=O)[C@@H](OC(C)=O)[C@H](OC(C)=O)[C@H]1OC(C)=O. The quantitative estimate of drug-likeness (QED) is 0.0883. The van der Waals surface area contributed by atoms with Crippen LogP contribution in [0, 0.1) is 0 Å². The number of benzene rings is 1. The van der Waals surface area contributed by atoms with Crippen LogP contribution in [0.2, 0.25) is 0 Å². The molecule has 10 atom stereocenters. The third-order valence-corrected chi connectivity index (χ3v) is 9.76. The molecule has 0 aromatic heterocycles. The first kappa shape index (κ1) is 47.0. The highest BCUT2D eigenvalue weighted by atomic mass is 32.2. The molecule has 1 aromatic carbocycles. The number of carbonyl (C=O) groups is 7. The lowest BCUT2D eigenvalue weighted by atomic mass is 9.96. The lowest BCUT2D eigenvalue weighted by molar-refractivity contribution is -0.341. The Balaban J connectivity index is 2.04. The first-order valence-corrected chi connectivity index (χ1v) is 19.7. The molecule has 0 radical (unpaired) electrons. The van der Waals surface area contributed by atoms with E-state index in [1.165, 1.54) is 12.1 Å². The van der Waals surface area contributed by atoms with Gasteiger partial charge in [-0.05, 0) is 36.1 Å². The Morgan fingerprint density at radius 2 is 1.05 bits per heavy atom. The molecule has 21 nitrogen and oxygen atoms in total. The highest BCUT2D eigenvalue weighted by Crippen LogP contribution is 2.37. The molecule has 0 bridgehead atoms.